The van der Waals surface area contributed by atoms with E-state index in [1.807, 2.05) is 13.8 Å². The van der Waals surface area contributed by atoms with Gasteiger partial charge in [-0.25, -0.2) is 0 Å². The largest absolute Gasteiger partial charge is 0.394 e. The molecule has 0 spiro atoms. The first-order valence-corrected chi connectivity index (χ1v) is 6.77. The fourth-order valence-electron chi connectivity index (χ4n) is 1.94. The second-order valence-electron chi connectivity index (χ2n) is 4.86. The van der Waals surface area contributed by atoms with Crippen LogP contribution in [-0.4, -0.2) is 29.1 Å². The zero-order valence-corrected chi connectivity index (χ0v) is 12.2. The minimum Gasteiger partial charge on any atom is -0.394 e. The highest BCUT2D eigenvalue weighted by Gasteiger charge is 2.27. The molecule has 0 saturated carbocycles. The number of aliphatic hydroxyl groups is 1. The van der Waals surface area contributed by atoms with Crippen LogP contribution < -0.4 is 10.6 Å². The summed E-state index contributed by atoms with van der Waals surface area (Å²) < 4.78 is 0. The summed E-state index contributed by atoms with van der Waals surface area (Å²) in [4.78, 5) is 23.3. The Morgan fingerprint density at radius 2 is 1.90 bits per heavy atom. The highest BCUT2D eigenvalue weighted by Crippen LogP contribution is 2.17. The van der Waals surface area contributed by atoms with Crippen molar-refractivity contribution in [2.75, 3.05) is 11.9 Å². The predicted molar refractivity (Wildman–Crippen MR) is 78.6 cm³/mol. The number of rotatable bonds is 6. The number of carbonyl (C=O) groups is 2. The summed E-state index contributed by atoms with van der Waals surface area (Å²) in [6.45, 7) is 5.16. The molecule has 0 bridgehead atoms. The lowest BCUT2D eigenvalue weighted by atomic mass is 9.93. The molecule has 1 aromatic rings. The molecule has 0 heterocycles. The number of amides is 2. The predicted octanol–water partition coefficient (Wildman–Crippen LogP) is 1.93. The van der Waals surface area contributed by atoms with Crippen LogP contribution in [-0.2, 0) is 4.79 Å². The Bertz CT molecular complexity index is 473. The van der Waals surface area contributed by atoms with Gasteiger partial charge in [-0.1, -0.05) is 19.9 Å². The molecule has 5 nitrogen and oxygen atoms in total. The zero-order valence-electron chi connectivity index (χ0n) is 12.2. The monoisotopic (exact) mass is 278 g/mol. The Kier molecular flexibility index (Phi) is 5.70. The van der Waals surface area contributed by atoms with E-state index in [1.54, 1.807) is 24.3 Å². The van der Waals surface area contributed by atoms with Crippen LogP contribution in [0.3, 0.4) is 0 Å². The molecule has 20 heavy (non-hydrogen) atoms. The second kappa shape index (κ2) is 7.05. The van der Waals surface area contributed by atoms with E-state index < -0.39 is 5.54 Å². The van der Waals surface area contributed by atoms with Gasteiger partial charge in [0.05, 0.1) is 12.1 Å². The van der Waals surface area contributed by atoms with Crippen LogP contribution in [0, 0.1) is 0 Å². The molecule has 2 amide bonds. The Morgan fingerprint density at radius 3 is 2.40 bits per heavy atom. The van der Waals surface area contributed by atoms with Crippen molar-refractivity contribution in [3.63, 3.8) is 0 Å². The quantitative estimate of drug-likeness (QED) is 0.744. The molecule has 0 fully saturated rings. The third-order valence-corrected chi connectivity index (χ3v) is 3.48. The topological polar surface area (TPSA) is 78.4 Å². The van der Waals surface area contributed by atoms with Gasteiger partial charge in [0, 0.05) is 18.2 Å². The van der Waals surface area contributed by atoms with E-state index in [0.29, 0.717) is 24.1 Å². The average Bonchev–Trinajstić information content (AvgIpc) is 2.44. The van der Waals surface area contributed by atoms with Crippen molar-refractivity contribution in [3.05, 3.63) is 29.8 Å². The van der Waals surface area contributed by atoms with E-state index in [2.05, 4.69) is 10.6 Å². The molecule has 0 radical (unpaired) electrons. The van der Waals surface area contributed by atoms with Gasteiger partial charge in [0.15, 0.2) is 0 Å². The van der Waals surface area contributed by atoms with Crippen LogP contribution in [0.2, 0.25) is 0 Å². The molecule has 0 aliphatic carbocycles. The second-order valence-corrected chi connectivity index (χ2v) is 4.86. The highest BCUT2D eigenvalue weighted by molar-refractivity contribution is 5.97. The van der Waals surface area contributed by atoms with E-state index in [1.165, 1.54) is 6.92 Å². The summed E-state index contributed by atoms with van der Waals surface area (Å²) in [5.74, 6) is -0.440. The summed E-state index contributed by atoms with van der Waals surface area (Å²) >= 11 is 0. The maximum Gasteiger partial charge on any atom is 0.251 e. The molecule has 1 aromatic carbocycles. The molecule has 1 rings (SSSR count). The van der Waals surface area contributed by atoms with Crippen molar-refractivity contribution in [1.82, 2.24) is 5.32 Å². The number of hydrogen-bond acceptors (Lipinski definition) is 3. The maximum atomic E-state index is 12.2. The average molecular weight is 278 g/mol. The van der Waals surface area contributed by atoms with Crippen LogP contribution in [0.4, 0.5) is 5.69 Å². The number of anilines is 1. The summed E-state index contributed by atoms with van der Waals surface area (Å²) in [6.07, 6.45) is 1.30. The Hall–Kier alpha value is -1.88. The standard InChI is InChI=1S/C15H22N2O3/c1-4-15(5-2,10-18)17-14(20)12-7-6-8-13(9-12)16-11(3)19/h6-9,18H,4-5,10H2,1-3H3,(H,16,19)(H,17,20). The van der Waals surface area contributed by atoms with E-state index in [0.717, 1.165) is 0 Å². The van der Waals surface area contributed by atoms with Gasteiger partial charge in [0.25, 0.3) is 5.91 Å². The van der Waals surface area contributed by atoms with Gasteiger partial charge in [0.2, 0.25) is 5.91 Å². The molecule has 3 N–H and O–H groups in total. The minimum absolute atomic E-state index is 0.100. The smallest absolute Gasteiger partial charge is 0.251 e. The highest BCUT2D eigenvalue weighted by atomic mass is 16.3. The van der Waals surface area contributed by atoms with Crippen molar-refractivity contribution >= 4 is 17.5 Å². The molecule has 0 atom stereocenters. The van der Waals surface area contributed by atoms with Crippen LogP contribution in [0.1, 0.15) is 44.0 Å². The van der Waals surface area contributed by atoms with Crippen molar-refractivity contribution < 1.29 is 14.7 Å². The van der Waals surface area contributed by atoms with Crippen LogP contribution >= 0.6 is 0 Å². The third-order valence-electron chi connectivity index (χ3n) is 3.48. The molecular formula is C15H22N2O3. The van der Waals surface area contributed by atoms with Crippen LogP contribution in [0.25, 0.3) is 0 Å². The van der Waals surface area contributed by atoms with Gasteiger partial charge in [0.1, 0.15) is 0 Å². The summed E-state index contributed by atoms with van der Waals surface area (Å²) in [7, 11) is 0. The Morgan fingerprint density at radius 1 is 1.25 bits per heavy atom. The molecule has 0 aromatic heterocycles. The molecule has 0 aliphatic rings. The van der Waals surface area contributed by atoms with Crippen molar-refractivity contribution in [1.29, 1.82) is 0 Å². The number of carbonyl (C=O) groups excluding carboxylic acids is 2. The van der Waals surface area contributed by atoms with Gasteiger partial charge in [-0.3, -0.25) is 9.59 Å². The normalized spacial score (nSPS) is 11.0. The van der Waals surface area contributed by atoms with Crippen LogP contribution in [0.15, 0.2) is 24.3 Å². The lowest BCUT2D eigenvalue weighted by Crippen LogP contribution is -2.50. The fourth-order valence-corrected chi connectivity index (χ4v) is 1.94. The van der Waals surface area contributed by atoms with E-state index in [9.17, 15) is 14.7 Å². The van der Waals surface area contributed by atoms with Crippen molar-refractivity contribution in [3.8, 4) is 0 Å². The maximum absolute atomic E-state index is 12.2. The Balaban J connectivity index is 2.89. The first-order valence-electron chi connectivity index (χ1n) is 6.77. The van der Waals surface area contributed by atoms with Gasteiger partial charge in [-0.2, -0.15) is 0 Å². The fraction of sp³-hybridized carbons (Fsp3) is 0.467. The first-order chi connectivity index (χ1) is 9.46. The van der Waals surface area contributed by atoms with Gasteiger partial charge < -0.3 is 15.7 Å². The number of aliphatic hydroxyl groups excluding tert-OH is 1. The lowest BCUT2D eigenvalue weighted by molar-refractivity contribution is -0.114. The van der Waals surface area contributed by atoms with E-state index in [4.69, 9.17) is 0 Å². The Labute approximate surface area is 119 Å². The first kappa shape index (κ1) is 16.2. The van der Waals surface area contributed by atoms with Crippen molar-refractivity contribution in [2.24, 2.45) is 0 Å². The van der Waals surface area contributed by atoms with E-state index >= 15 is 0 Å². The molecule has 0 unspecified atom stereocenters. The number of benzene rings is 1. The lowest BCUT2D eigenvalue weighted by Gasteiger charge is -2.30. The van der Waals surface area contributed by atoms with Gasteiger partial charge in [-0.15, -0.1) is 0 Å². The van der Waals surface area contributed by atoms with Crippen LogP contribution in [0.5, 0.6) is 0 Å². The number of nitrogens with one attached hydrogen (secondary N) is 2. The number of hydrogen-bond donors (Lipinski definition) is 3. The molecule has 0 aliphatic heterocycles. The summed E-state index contributed by atoms with van der Waals surface area (Å²) in [6, 6.07) is 6.72. The minimum atomic E-state index is -0.596. The van der Waals surface area contributed by atoms with Gasteiger partial charge in [-0.05, 0) is 31.0 Å². The molecule has 0 saturated heterocycles. The van der Waals surface area contributed by atoms with Crippen molar-refractivity contribution in [2.45, 2.75) is 39.2 Å². The van der Waals surface area contributed by atoms with E-state index in [-0.39, 0.29) is 18.4 Å². The SMILES string of the molecule is CCC(CC)(CO)NC(=O)c1cccc(NC(C)=O)c1. The molecule has 110 valence electrons. The van der Waals surface area contributed by atoms with Gasteiger partial charge >= 0.3 is 0 Å². The molecule has 5 heteroatoms. The molecular weight excluding hydrogens is 256 g/mol. The zero-order chi connectivity index (χ0) is 15.2. The summed E-state index contributed by atoms with van der Waals surface area (Å²) in [5, 5.41) is 15.0. The third kappa shape index (κ3) is 4.06. The summed E-state index contributed by atoms with van der Waals surface area (Å²) in [5.41, 5.74) is 0.435.